The molecule has 0 bridgehead atoms. The number of ether oxygens (including phenoxy) is 2. The average molecular weight is 292 g/mol. The fourth-order valence-corrected chi connectivity index (χ4v) is 2.66. The minimum Gasteiger partial charge on any atom is -0.493 e. The van der Waals surface area contributed by atoms with Crippen LogP contribution in [0.4, 0.5) is 11.4 Å². The van der Waals surface area contributed by atoms with E-state index in [9.17, 15) is 4.79 Å². The number of methoxy groups -OCH3 is 2. The van der Waals surface area contributed by atoms with Crippen LogP contribution in [0.2, 0.25) is 0 Å². The first-order valence-corrected chi connectivity index (χ1v) is 7.15. The van der Waals surface area contributed by atoms with Gasteiger partial charge in [-0.05, 0) is 11.8 Å². The summed E-state index contributed by atoms with van der Waals surface area (Å²) in [6, 6.07) is 3.76. The largest absolute Gasteiger partial charge is 0.493 e. The van der Waals surface area contributed by atoms with Gasteiger partial charge in [0.15, 0.2) is 11.5 Å². The maximum absolute atomic E-state index is 12.1. The second-order valence-electron chi connectivity index (χ2n) is 6.61. The van der Waals surface area contributed by atoms with Crippen molar-refractivity contribution in [1.82, 2.24) is 0 Å². The highest BCUT2D eigenvalue weighted by atomic mass is 16.5. The second kappa shape index (κ2) is 5.84. The summed E-state index contributed by atoms with van der Waals surface area (Å²) < 4.78 is 10.6. The summed E-state index contributed by atoms with van der Waals surface area (Å²) in [4.78, 5) is 12.1. The van der Waals surface area contributed by atoms with E-state index in [1.165, 1.54) is 0 Å². The lowest BCUT2D eigenvalue weighted by Crippen LogP contribution is -2.27. The van der Waals surface area contributed by atoms with Crippen LogP contribution in [0.5, 0.6) is 11.5 Å². The molecule has 21 heavy (non-hydrogen) atoms. The molecule has 2 rings (SSSR count). The van der Waals surface area contributed by atoms with Crippen molar-refractivity contribution in [2.75, 3.05) is 24.9 Å². The van der Waals surface area contributed by atoms with Crippen molar-refractivity contribution in [3.8, 4) is 11.5 Å². The van der Waals surface area contributed by atoms with Gasteiger partial charge in [-0.3, -0.25) is 4.79 Å². The highest BCUT2D eigenvalue weighted by Crippen LogP contribution is 2.39. The van der Waals surface area contributed by atoms with E-state index in [2.05, 4.69) is 31.4 Å². The lowest BCUT2D eigenvalue weighted by Gasteiger charge is -2.26. The Morgan fingerprint density at radius 2 is 1.71 bits per heavy atom. The number of fused-ring (bicyclic) bond motifs is 1. The summed E-state index contributed by atoms with van der Waals surface area (Å²) in [7, 11) is 3.19. The molecule has 1 aromatic rings. The van der Waals surface area contributed by atoms with Gasteiger partial charge in [-0.2, -0.15) is 0 Å². The smallest absolute Gasteiger partial charge is 0.226 e. The van der Waals surface area contributed by atoms with E-state index in [0.717, 1.165) is 17.8 Å². The summed E-state index contributed by atoms with van der Waals surface area (Å²) in [5.41, 5.74) is 1.75. The third-order valence-electron chi connectivity index (χ3n) is 3.45. The zero-order valence-electron chi connectivity index (χ0n) is 13.4. The molecule has 0 spiro atoms. The molecule has 2 N–H and O–H groups in total. The second-order valence-corrected chi connectivity index (χ2v) is 6.61. The molecular weight excluding hydrogens is 268 g/mol. The lowest BCUT2D eigenvalue weighted by atomic mass is 9.87. The van der Waals surface area contributed by atoms with Crippen molar-refractivity contribution < 1.29 is 14.3 Å². The first-order valence-electron chi connectivity index (χ1n) is 7.15. The SMILES string of the molecule is COc1cc2c(cc1OC)NC(CC(C)(C)C)CC(=O)N2. The predicted molar refractivity (Wildman–Crippen MR) is 84.3 cm³/mol. The van der Waals surface area contributed by atoms with Gasteiger partial charge in [0.05, 0.1) is 25.6 Å². The molecule has 5 heteroatoms. The van der Waals surface area contributed by atoms with Crippen molar-refractivity contribution >= 4 is 17.3 Å². The Morgan fingerprint density at radius 1 is 1.14 bits per heavy atom. The molecular formula is C16H24N2O3. The molecule has 1 aliphatic heterocycles. The van der Waals surface area contributed by atoms with Crippen LogP contribution < -0.4 is 20.1 Å². The first kappa shape index (κ1) is 15.5. The van der Waals surface area contributed by atoms with Gasteiger partial charge >= 0.3 is 0 Å². The van der Waals surface area contributed by atoms with Crippen LogP contribution in [0.15, 0.2) is 12.1 Å². The van der Waals surface area contributed by atoms with Crippen LogP contribution in [-0.2, 0) is 4.79 Å². The van der Waals surface area contributed by atoms with Gasteiger partial charge in [0.2, 0.25) is 5.91 Å². The Morgan fingerprint density at radius 3 is 2.24 bits per heavy atom. The van der Waals surface area contributed by atoms with Crippen molar-refractivity contribution in [2.24, 2.45) is 5.41 Å². The highest BCUT2D eigenvalue weighted by Gasteiger charge is 2.26. The van der Waals surface area contributed by atoms with Gasteiger partial charge in [0, 0.05) is 24.6 Å². The normalized spacial score (nSPS) is 18.1. The standard InChI is InChI=1S/C16H24N2O3/c1-16(2,3)9-10-6-15(19)18-12-8-14(21-5)13(20-4)7-11(12)17-10/h7-8,10,17H,6,9H2,1-5H3,(H,18,19). The van der Waals surface area contributed by atoms with Crippen LogP contribution >= 0.6 is 0 Å². The van der Waals surface area contributed by atoms with Crippen molar-refractivity contribution in [1.29, 1.82) is 0 Å². The van der Waals surface area contributed by atoms with Crippen LogP contribution in [-0.4, -0.2) is 26.2 Å². The lowest BCUT2D eigenvalue weighted by molar-refractivity contribution is -0.116. The molecule has 1 aromatic carbocycles. The molecule has 0 radical (unpaired) electrons. The number of hydrogen-bond acceptors (Lipinski definition) is 4. The Kier molecular flexibility index (Phi) is 4.30. The molecule has 116 valence electrons. The maximum atomic E-state index is 12.1. The molecule has 1 atom stereocenters. The topological polar surface area (TPSA) is 59.6 Å². The van der Waals surface area contributed by atoms with Crippen LogP contribution in [0.3, 0.4) is 0 Å². The molecule has 1 heterocycles. The van der Waals surface area contributed by atoms with E-state index in [4.69, 9.17) is 9.47 Å². The quantitative estimate of drug-likeness (QED) is 0.897. The fraction of sp³-hybridized carbons (Fsp3) is 0.562. The Labute approximate surface area is 126 Å². The number of benzene rings is 1. The van der Waals surface area contributed by atoms with E-state index in [-0.39, 0.29) is 17.4 Å². The third-order valence-corrected chi connectivity index (χ3v) is 3.45. The minimum atomic E-state index is 0.0164. The van der Waals surface area contributed by atoms with Gasteiger partial charge in [-0.15, -0.1) is 0 Å². The maximum Gasteiger partial charge on any atom is 0.226 e. The number of carbonyl (C=O) groups is 1. The zero-order valence-corrected chi connectivity index (χ0v) is 13.4. The van der Waals surface area contributed by atoms with Crippen molar-refractivity contribution in [3.05, 3.63) is 12.1 Å². The zero-order chi connectivity index (χ0) is 15.6. The average Bonchev–Trinajstić information content (AvgIpc) is 2.51. The number of amides is 1. The molecule has 1 aliphatic rings. The van der Waals surface area contributed by atoms with E-state index in [0.29, 0.717) is 17.9 Å². The third kappa shape index (κ3) is 3.80. The molecule has 0 aliphatic carbocycles. The monoisotopic (exact) mass is 292 g/mol. The van der Waals surface area contributed by atoms with E-state index < -0.39 is 0 Å². The number of anilines is 2. The fourth-order valence-electron chi connectivity index (χ4n) is 2.66. The first-order chi connectivity index (χ1) is 9.82. The Balaban J connectivity index is 2.34. The van der Waals surface area contributed by atoms with Gasteiger partial charge in [-0.1, -0.05) is 20.8 Å². The molecule has 0 aromatic heterocycles. The summed E-state index contributed by atoms with van der Waals surface area (Å²) >= 11 is 0. The van der Waals surface area contributed by atoms with E-state index in [1.807, 2.05) is 6.07 Å². The van der Waals surface area contributed by atoms with Gasteiger partial charge in [0.1, 0.15) is 0 Å². The summed E-state index contributed by atoms with van der Waals surface area (Å²) in [5, 5.41) is 6.38. The van der Waals surface area contributed by atoms with Gasteiger partial charge in [0.25, 0.3) is 0 Å². The van der Waals surface area contributed by atoms with E-state index in [1.54, 1.807) is 20.3 Å². The van der Waals surface area contributed by atoms with Gasteiger partial charge in [-0.25, -0.2) is 0 Å². The Bertz CT molecular complexity index is 535. The van der Waals surface area contributed by atoms with E-state index >= 15 is 0 Å². The summed E-state index contributed by atoms with van der Waals surface area (Å²) in [5.74, 6) is 1.27. The summed E-state index contributed by atoms with van der Waals surface area (Å²) in [6.45, 7) is 6.52. The number of nitrogens with one attached hydrogen (secondary N) is 2. The molecule has 1 unspecified atom stereocenters. The van der Waals surface area contributed by atoms with Crippen LogP contribution in [0.25, 0.3) is 0 Å². The molecule has 1 amide bonds. The highest BCUT2D eigenvalue weighted by molar-refractivity contribution is 5.97. The Hall–Kier alpha value is -1.91. The number of rotatable bonds is 3. The van der Waals surface area contributed by atoms with Gasteiger partial charge < -0.3 is 20.1 Å². The summed E-state index contributed by atoms with van der Waals surface area (Å²) in [6.07, 6.45) is 1.37. The van der Waals surface area contributed by atoms with Crippen molar-refractivity contribution in [2.45, 2.75) is 39.7 Å². The van der Waals surface area contributed by atoms with Crippen molar-refractivity contribution in [3.63, 3.8) is 0 Å². The van der Waals surface area contributed by atoms with Crippen LogP contribution in [0, 0.1) is 5.41 Å². The molecule has 0 saturated carbocycles. The molecule has 0 saturated heterocycles. The molecule has 0 fully saturated rings. The number of carbonyl (C=O) groups excluding carboxylic acids is 1. The number of hydrogen-bond donors (Lipinski definition) is 2. The predicted octanol–water partition coefficient (Wildman–Crippen LogP) is 3.26. The van der Waals surface area contributed by atoms with Crippen LogP contribution in [0.1, 0.15) is 33.6 Å². The minimum absolute atomic E-state index is 0.0164. The molecule has 5 nitrogen and oxygen atoms in total.